The van der Waals surface area contributed by atoms with Gasteiger partial charge in [0.2, 0.25) is 0 Å². The van der Waals surface area contributed by atoms with E-state index < -0.39 is 0 Å². The number of carbonyl (C=O) groups excluding carboxylic acids is 1. The zero-order valence-electron chi connectivity index (χ0n) is 15.2. The molecule has 0 saturated heterocycles. The fraction of sp³-hybridized carbons (Fsp3) is 0.100. The Kier molecular flexibility index (Phi) is 4.62. The molecule has 0 atom stereocenters. The normalized spacial score (nSPS) is 10.8. The minimum absolute atomic E-state index is 0.141. The molecule has 0 aliphatic heterocycles. The molecule has 0 unspecified atom stereocenters. The smallest absolute Gasteiger partial charge is 0.267 e. The second kappa shape index (κ2) is 7.24. The third kappa shape index (κ3) is 3.37. The van der Waals surface area contributed by atoms with E-state index in [0.29, 0.717) is 27.1 Å². The van der Waals surface area contributed by atoms with E-state index in [1.54, 1.807) is 31.5 Å². The van der Waals surface area contributed by atoms with Gasteiger partial charge in [0.05, 0.1) is 11.9 Å². The van der Waals surface area contributed by atoms with Crippen molar-refractivity contribution in [3.8, 4) is 5.75 Å². The molecule has 3 aromatic heterocycles. The Labute approximate surface area is 165 Å². The van der Waals surface area contributed by atoms with E-state index in [2.05, 4.69) is 25.6 Å². The summed E-state index contributed by atoms with van der Waals surface area (Å²) in [5.41, 5.74) is 2.84. The Hall–Kier alpha value is -3.52. The molecule has 0 bridgehead atoms. The summed E-state index contributed by atoms with van der Waals surface area (Å²) in [5.74, 6) is 0.438. The van der Waals surface area contributed by atoms with E-state index in [-0.39, 0.29) is 11.7 Å². The number of pyridine rings is 2. The molecule has 1 aromatic carbocycles. The van der Waals surface area contributed by atoms with Crippen LogP contribution in [0, 0.1) is 13.8 Å². The summed E-state index contributed by atoms with van der Waals surface area (Å²) in [6.07, 6.45) is 4.91. The summed E-state index contributed by atoms with van der Waals surface area (Å²) in [7, 11) is 0. The van der Waals surface area contributed by atoms with Crippen molar-refractivity contribution in [2.75, 3.05) is 10.6 Å². The van der Waals surface area contributed by atoms with Crippen LogP contribution >= 0.6 is 11.3 Å². The van der Waals surface area contributed by atoms with Gasteiger partial charge in [0.25, 0.3) is 5.91 Å². The number of amides is 1. The van der Waals surface area contributed by atoms with Crippen LogP contribution in [0.2, 0.25) is 0 Å². The molecule has 7 nitrogen and oxygen atoms in total. The molecule has 0 radical (unpaired) electrons. The number of rotatable bonds is 4. The van der Waals surface area contributed by atoms with Crippen LogP contribution in [0.5, 0.6) is 5.75 Å². The number of nitrogens with one attached hydrogen (secondary N) is 2. The zero-order valence-corrected chi connectivity index (χ0v) is 16.0. The quantitative estimate of drug-likeness (QED) is 0.477. The number of carbonyl (C=O) groups is 1. The number of aromatic nitrogens is 3. The Morgan fingerprint density at radius 1 is 1.07 bits per heavy atom. The third-order valence-electron chi connectivity index (χ3n) is 4.36. The second-order valence-electron chi connectivity index (χ2n) is 6.25. The lowest BCUT2D eigenvalue weighted by atomic mass is 10.1. The van der Waals surface area contributed by atoms with Crippen LogP contribution in [0.4, 0.5) is 16.6 Å². The summed E-state index contributed by atoms with van der Waals surface area (Å²) < 4.78 is 0. The number of nitrogens with zero attached hydrogens (tertiary/aromatic N) is 3. The van der Waals surface area contributed by atoms with Crippen molar-refractivity contribution < 1.29 is 9.90 Å². The minimum Gasteiger partial charge on any atom is -0.508 e. The van der Waals surface area contributed by atoms with Crippen molar-refractivity contribution in [2.45, 2.75) is 13.8 Å². The van der Waals surface area contributed by atoms with Gasteiger partial charge in [-0.05, 0) is 37.6 Å². The van der Waals surface area contributed by atoms with Crippen LogP contribution in [0.25, 0.3) is 10.9 Å². The molecular formula is C20H17N5O2S. The molecule has 0 aliphatic carbocycles. The average Bonchev–Trinajstić information content (AvgIpc) is 3.17. The predicted molar refractivity (Wildman–Crippen MR) is 110 cm³/mol. The number of phenolic OH excluding ortho intramolecular Hbond substituents is 1. The van der Waals surface area contributed by atoms with Gasteiger partial charge in [0.15, 0.2) is 10.9 Å². The molecule has 0 fully saturated rings. The largest absolute Gasteiger partial charge is 0.508 e. The fourth-order valence-electron chi connectivity index (χ4n) is 2.84. The highest BCUT2D eigenvalue weighted by Crippen LogP contribution is 2.30. The lowest BCUT2D eigenvalue weighted by Gasteiger charge is -2.11. The molecule has 28 heavy (non-hydrogen) atoms. The van der Waals surface area contributed by atoms with Crippen molar-refractivity contribution in [1.82, 2.24) is 15.0 Å². The molecule has 3 heterocycles. The van der Waals surface area contributed by atoms with Gasteiger partial charge in [0.1, 0.15) is 16.1 Å². The van der Waals surface area contributed by atoms with Crippen molar-refractivity contribution in [3.63, 3.8) is 0 Å². The van der Waals surface area contributed by atoms with E-state index in [1.807, 2.05) is 25.1 Å². The van der Waals surface area contributed by atoms with Gasteiger partial charge in [-0.3, -0.25) is 9.78 Å². The Morgan fingerprint density at radius 2 is 1.93 bits per heavy atom. The number of phenols is 1. The van der Waals surface area contributed by atoms with Gasteiger partial charge in [-0.1, -0.05) is 23.5 Å². The van der Waals surface area contributed by atoms with Crippen LogP contribution in [0.15, 0.2) is 48.9 Å². The molecule has 1 amide bonds. The van der Waals surface area contributed by atoms with Gasteiger partial charge < -0.3 is 15.7 Å². The molecular weight excluding hydrogens is 374 g/mol. The highest BCUT2D eigenvalue weighted by molar-refractivity contribution is 7.17. The molecule has 3 N–H and O–H groups in total. The van der Waals surface area contributed by atoms with Crippen molar-refractivity contribution in [2.24, 2.45) is 0 Å². The molecule has 0 saturated carbocycles. The second-order valence-corrected chi connectivity index (χ2v) is 7.28. The van der Waals surface area contributed by atoms with Gasteiger partial charge in [-0.2, -0.15) is 0 Å². The van der Waals surface area contributed by atoms with Crippen LogP contribution in [-0.2, 0) is 0 Å². The summed E-state index contributed by atoms with van der Waals surface area (Å²) in [6, 6.07) is 9.07. The molecule has 4 aromatic rings. The van der Waals surface area contributed by atoms with Crippen LogP contribution in [0.3, 0.4) is 0 Å². The van der Waals surface area contributed by atoms with E-state index in [9.17, 15) is 9.90 Å². The van der Waals surface area contributed by atoms with E-state index in [1.165, 1.54) is 17.5 Å². The number of aryl methyl sites for hydroxylation is 1. The maximum atomic E-state index is 12.6. The number of hydrogen-bond acceptors (Lipinski definition) is 7. The molecule has 8 heteroatoms. The highest BCUT2D eigenvalue weighted by Gasteiger charge is 2.15. The number of thiazole rings is 1. The Balaban J connectivity index is 1.56. The topological polar surface area (TPSA) is 100 Å². The third-order valence-corrected chi connectivity index (χ3v) is 5.27. The molecule has 0 spiro atoms. The maximum absolute atomic E-state index is 12.6. The Bertz CT molecular complexity index is 1180. The van der Waals surface area contributed by atoms with E-state index >= 15 is 0 Å². The number of benzene rings is 1. The van der Waals surface area contributed by atoms with Crippen LogP contribution < -0.4 is 10.6 Å². The van der Waals surface area contributed by atoms with Crippen molar-refractivity contribution >= 4 is 44.8 Å². The SMILES string of the molecule is Cc1ccc(O)c(C)c1NC(=O)c1cnc(Nc2nccc3cccnc23)s1. The van der Waals surface area contributed by atoms with Crippen molar-refractivity contribution in [3.05, 3.63) is 64.9 Å². The van der Waals surface area contributed by atoms with Gasteiger partial charge >= 0.3 is 0 Å². The zero-order chi connectivity index (χ0) is 19.7. The predicted octanol–water partition coefficient (Wildman–Crippen LogP) is 4.40. The van der Waals surface area contributed by atoms with Gasteiger partial charge in [0, 0.05) is 23.3 Å². The lowest BCUT2D eigenvalue weighted by molar-refractivity contribution is 0.103. The number of aromatic hydroxyl groups is 1. The maximum Gasteiger partial charge on any atom is 0.267 e. The van der Waals surface area contributed by atoms with Gasteiger partial charge in [-0.15, -0.1) is 0 Å². The standard InChI is InChI=1S/C20H17N5O2S/c1-11-5-6-14(26)12(2)16(11)24-19(27)15-10-23-20(28-15)25-18-17-13(7-9-22-18)4-3-8-21-17/h3-10,26H,1-2H3,(H,24,27)(H,22,23,25). The summed E-state index contributed by atoms with van der Waals surface area (Å²) in [6.45, 7) is 3.64. The summed E-state index contributed by atoms with van der Waals surface area (Å²) in [5, 5.41) is 17.4. The van der Waals surface area contributed by atoms with E-state index in [0.717, 1.165) is 16.5 Å². The highest BCUT2D eigenvalue weighted by atomic mass is 32.1. The minimum atomic E-state index is -0.286. The Morgan fingerprint density at radius 3 is 2.79 bits per heavy atom. The monoisotopic (exact) mass is 391 g/mol. The van der Waals surface area contributed by atoms with Gasteiger partial charge in [-0.25, -0.2) is 9.97 Å². The van der Waals surface area contributed by atoms with Crippen LogP contribution in [-0.4, -0.2) is 26.0 Å². The first-order chi connectivity index (χ1) is 13.5. The number of anilines is 3. The average molecular weight is 391 g/mol. The molecule has 140 valence electrons. The number of fused-ring (bicyclic) bond motifs is 1. The fourth-order valence-corrected chi connectivity index (χ4v) is 3.55. The molecule has 4 rings (SSSR count). The first kappa shape index (κ1) is 17.9. The first-order valence-electron chi connectivity index (χ1n) is 8.56. The van der Waals surface area contributed by atoms with E-state index in [4.69, 9.17) is 0 Å². The summed E-state index contributed by atoms with van der Waals surface area (Å²) in [4.78, 5) is 26.0. The van der Waals surface area contributed by atoms with Crippen LogP contribution in [0.1, 0.15) is 20.8 Å². The summed E-state index contributed by atoms with van der Waals surface area (Å²) >= 11 is 1.21. The molecule has 0 aliphatic rings. The lowest BCUT2D eigenvalue weighted by Crippen LogP contribution is -2.12. The first-order valence-corrected chi connectivity index (χ1v) is 9.37. The van der Waals surface area contributed by atoms with Crippen molar-refractivity contribution in [1.29, 1.82) is 0 Å². The number of hydrogen-bond donors (Lipinski definition) is 3.